The molecule has 0 aliphatic carbocycles. The van der Waals surface area contributed by atoms with Gasteiger partial charge in [0.05, 0.1) is 15.6 Å². The minimum atomic E-state index is -0.818. The maximum atomic E-state index is 13.4. The van der Waals surface area contributed by atoms with E-state index in [-0.39, 0.29) is 5.56 Å². The van der Waals surface area contributed by atoms with E-state index in [9.17, 15) is 13.6 Å². The lowest BCUT2D eigenvalue weighted by Crippen LogP contribution is -2.36. The molecule has 4 rings (SSSR count). The van der Waals surface area contributed by atoms with E-state index < -0.39 is 11.6 Å². The van der Waals surface area contributed by atoms with E-state index in [4.69, 9.17) is 0 Å². The van der Waals surface area contributed by atoms with Crippen LogP contribution in [0.1, 0.15) is 29.1 Å². The van der Waals surface area contributed by atoms with Crippen LogP contribution >= 0.6 is 11.3 Å². The van der Waals surface area contributed by atoms with Crippen LogP contribution in [0.25, 0.3) is 10.6 Å². The molecule has 0 spiro atoms. The van der Waals surface area contributed by atoms with Crippen LogP contribution in [0.15, 0.2) is 35.1 Å². The maximum absolute atomic E-state index is 13.4. The number of benzene rings is 1. The van der Waals surface area contributed by atoms with Gasteiger partial charge in [0.1, 0.15) is 5.69 Å². The number of thiazole rings is 1. The van der Waals surface area contributed by atoms with Crippen molar-refractivity contribution in [3.63, 3.8) is 0 Å². The first-order valence-electron chi connectivity index (χ1n) is 10.1. The molecule has 0 atom stereocenters. The third-order valence-corrected chi connectivity index (χ3v) is 6.63. The van der Waals surface area contributed by atoms with E-state index in [2.05, 4.69) is 15.0 Å². The van der Waals surface area contributed by atoms with Gasteiger partial charge in [0.2, 0.25) is 0 Å². The quantitative estimate of drug-likeness (QED) is 0.610. The largest absolute Gasteiger partial charge is 0.299 e. The Morgan fingerprint density at radius 3 is 2.53 bits per heavy atom. The number of nitrogens with zero attached hydrogens (tertiary/aromatic N) is 4. The summed E-state index contributed by atoms with van der Waals surface area (Å²) in [6, 6.07) is 7.41. The molecule has 0 amide bonds. The highest BCUT2D eigenvalue weighted by Crippen LogP contribution is 2.27. The normalized spacial score (nSPS) is 15.6. The molecule has 30 heavy (non-hydrogen) atoms. The molecule has 0 radical (unpaired) electrons. The summed E-state index contributed by atoms with van der Waals surface area (Å²) in [4.78, 5) is 20.0. The summed E-state index contributed by atoms with van der Waals surface area (Å²) < 4.78 is 28.1. The molecule has 3 heterocycles. The van der Waals surface area contributed by atoms with E-state index in [0.717, 1.165) is 52.8 Å². The van der Waals surface area contributed by atoms with Gasteiger partial charge in [-0.05, 0) is 69.5 Å². The predicted molar refractivity (Wildman–Crippen MR) is 113 cm³/mol. The molecule has 158 valence electrons. The highest BCUT2D eigenvalue weighted by atomic mass is 32.1. The highest BCUT2D eigenvalue weighted by Gasteiger charge is 2.21. The Bertz CT molecular complexity index is 1100. The molecule has 1 aliphatic rings. The second-order valence-electron chi connectivity index (χ2n) is 7.85. The van der Waals surface area contributed by atoms with Gasteiger partial charge < -0.3 is 0 Å². The Hall–Kier alpha value is -2.45. The SMILES string of the molecule is Cc1nc(C)c(-c2ccc(=O)n(CC3CCN(Cc4ccc(F)c(F)c4)CC3)n2)s1. The van der Waals surface area contributed by atoms with Crippen LogP contribution in [0.5, 0.6) is 0 Å². The summed E-state index contributed by atoms with van der Waals surface area (Å²) in [6.07, 6.45) is 1.86. The van der Waals surface area contributed by atoms with E-state index in [1.165, 1.54) is 12.1 Å². The van der Waals surface area contributed by atoms with Crippen LogP contribution in [0.4, 0.5) is 8.78 Å². The van der Waals surface area contributed by atoms with Crippen molar-refractivity contribution in [1.82, 2.24) is 19.7 Å². The Labute approximate surface area is 178 Å². The van der Waals surface area contributed by atoms with E-state index in [1.54, 1.807) is 34.2 Å². The van der Waals surface area contributed by atoms with Crippen LogP contribution in [0.3, 0.4) is 0 Å². The fourth-order valence-corrected chi connectivity index (χ4v) is 4.82. The van der Waals surface area contributed by atoms with Crippen molar-refractivity contribution in [2.75, 3.05) is 13.1 Å². The van der Waals surface area contributed by atoms with Crippen LogP contribution in [-0.4, -0.2) is 32.8 Å². The summed E-state index contributed by atoms with van der Waals surface area (Å²) in [5, 5.41) is 5.58. The average molecular weight is 431 g/mol. The number of likely N-dealkylation sites (tertiary alicyclic amines) is 1. The van der Waals surface area contributed by atoms with Gasteiger partial charge in [-0.1, -0.05) is 6.07 Å². The van der Waals surface area contributed by atoms with E-state index >= 15 is 0 Å². The standard InChI is InChI=1S/C22H24F2N4OS/c1-14-22(30-15(2)25-14)20-5-6-21(29)28(26-20)13-16-7-9-27(10-8-16)12-17-3-4-18(23)19(24)11-17/h3-6,11,16H,7-10,12-13H2,1-2H3. The lowest BCUT2D eigenvalue weighted by atomic mass is 9.96. The molecule has 3 aromatic rings. The molecule has 5 nitrogen and oxygen atoms in total. The Morgan fingerprint density at radius 2 is 1.87 bits per heavy atom. The summed E-state index contributed by atoms with van der Waals surface area (Å²) in [7, 11) is 0. The predicted octanol–water partition coefficient (Wildman–Crippen LogP) is 4.17. The zero-order valence-corrected chi connectivity index (χ0v) is 17.9. The fourth-order valence-electron chi connectivity index (χ4n) is 3.94. The zero-order chi connectivity index (χ0) is 21.3. The molecule has 1 saturated heterocycles. The number of hydrogen-bond acceptors (Lipinski definition) is 5. The molecule has 1 fully saturated rings. The van der Waals surface area contributed by atoms with Crippen molar-refractivity contribution in [1.29, 1.82) is 0 Å². The zero-order valence-electron chi connectivity index (χ0n) is 17.1. The third-order valence-electron chi connectivity index (χ3n) is 5.53. The number of piperidine rings is 1. The van der Waals surface area contributed by atoms with E-state index in [1.807, 2.05) is 13.8 Å². The van der Waals surface area contributed by atoms with Gasteiger partial charge in [-0.15, -0.1) is 11.3 Å². The first-order valence-corrected chi connectivity index (χ1v) is 10.9. The summed E-state index contributed by atoms with van der Waals surface area (Å²) in [5.41, 5.74) is 2.39. The van der Waals surface area contributed by atoms with Crippen molar-refractivity contribution in [2.45, 2.75) is 39.8 Å². The van der Waals surface area contributed by atoms with Crippen LogP contribution in [0, 0.1) is 31.4 Å². The maximum Gasteiger partial charge on any atom is 0.266 e. The third kappa shape index (κ3) is 4.65. The number of halogens is 2. The van der Waals surface area contributed by atoms with Crippen molar-refractivity contribution < 1.29 is 8.78 Å². The number of hydrogen-bond donors (Lipinski definition) is 0. The lowest BCUT2D eigenvalue weighted by Gasteiger charge is -2.32. The monoisotopic (exact) mass is 430 g/mol. The summed E-state index contributed by atoms with van der Waals surface area (Å²) >= 11 is 1.59. The van der Waals surface area contributed by atoms with Gasteiger partial charge in [0.25, 0.3) is 5.56 Å². The average Bonchev–Trinajstić information content (AvgIpc) is 3.06. The first kappa shape index (κ1) is 20.8. The number of aromatic nitrogens is 3. The van der Waals surface area contributed by atoms with Crippen molar-refractivity contribution in [3.8, 4) is 10.6 Å². The second kappa shape index (κ2) is 8.73. The lowest BCUT2D eigenvalue weighted by molar-refractivity contribution is 0.163. The molecular weight excluding hydrogens is 406 g/mol. The van der Waals surface area contributed by atoms with E-state index in [0.29, 0.717) is 19.0 Å². The second-order valence-corrected chi connectivity index (χ2v) is 9.06. The molecule has 0 N–H and O–H groups in total. The minimum Gasteiger partial charge on any atom is -0.299 e. The Morgan fingerprint density at radius 1 is 1.10 bits per heavy atom. The smallest absolute Gasteiger partial charge is 0.266 e. The molecule has 1 aliphatic heterocycles. The molecular formula is C22H24F2N4OS. The van der Waals surface area contributed by atoms with Crippen molar-refractivity contribution in [2.24, 2.45) is 5.92 Å². The molecule has 8 heteroatoms. The molecule has 0 saturated carbocycles. The number of aryl methyl sites for hydroxylation is 2. The van der Waals surface area contributed by atoms with Crippen LogP contribution < -0.4 is 5.56 Å². The van der Waals surface area contributed by atoms with Gasteiger partial charge in [0, 0.05) is 19.2 Å². The topological polar surface area (TPSA) is 51.0 Å². The summed E-state index contributed by atoms with van der Waals surface area (Å²) in [6.45, 7) is 6.81. The number of rotatable bonds is 5. The molecule has 0 bridgehead atoms. The van der Waals surface area contributed by atoms with Crippen molar-refractivity contribution in [3.05, 3.63) is 68.6 Å². The van der Waals surface area contributed by atoms with Crippen LogP contribution in [-0.2, 0) is 13.1 Å². The Balaban J connectivity index is 1.39. The van der Waals surface area contributed by atoms with Crippen LogP contribution in [0.2, 0.25) is 0 Å². The summed E-state index contributed by atoms with van der Waals surface area (Å²) in [5.74, 6) is -1.27. The van der Waals surface area contributed by atoms with Crippen molar-refractivity contribution >= 4 is 11.3 Å². The molecule has 2 aromatic heterocycles. The van der Waals surface area contributed by atoms with Gasteiger partial charge in [-0.3, -0.25) is 9.69 Å². The van der Waals surface area contributed by atoms with Gasteiger partial charge in [-0.2, -0.15) is 5.10 Å². The van der Waals surface area contributed by atoms with Gasteiger partial charge in [-0.25, -0.2) is 18.4 Å². The molecule has 1 aromatic carbocycles. The minimum absolute atomic E-state index is 0.0955. The van der Waals surface area contributed by atoms with Gasteiger partial charge in [0.15, 0.2) is 11.6 Å². The molecule has 0 unspecified atom stereocenters. The first-order chi connectivity index (χ1) is 14.4. The van der Waals surface area contributed by atoms with Gasteiger partial charge >= 0.3 is 0 Å². The Kier molecular flexibility index (Phi) is 6.06. The fraction of sp³-hybridized carbons (Fsp3) is 0.409. The highest BCUT2D eigenvalue weighted by molar-refractivity contribution is 7.15.